The van der Waals surface area contributed by atoms with Gasteiger partial charge in [-0.3, -0.25) is 9.48 Å². The highest BCUT2D eigenvalue weighted by Crippen LogP contribution is 2.25. The van der Waals surface area contributed by atoms with E-state index in [9.17, 15) is 9.59 Å². The summed E-state index contributed by atoms with van der Waals surface area (Å²) < 4.78 is 12.5. The summed E-state index contributed by atoms with van der Waals surface area (Å²) >= 11 is 3.33. The van der Waals surface area contributed by atoms with E-state index in [1.807, 2.05) is 30.3 Å². The van der Waals surface area contributed by atoms with Crippen molar-refractivity contribution in [2.24, 2.45) is 0 Å². The van der Waals surface area contributed by atoms with Gasteiger partial charge in [-0.15, -0.1) is 0 Å². The van der Waals surface area contributed by atoms with Crippen molar-refractivity contribution in [3.63, 3.8) is 0 Å². The number of nitrogens with zero attached hydrogens (tertiary/aromatic N) is 2. The molecular weight excluding hydrogens is 412 g/mol. The lowest BCUT2D eigenvalue weighted by atomic mass is 10.1. The fourth-order valence-electron chi connectivity index (χ4n) is 2.46. The Morgan fingerprint density at radius 3 is 2.59 bits per heavy atom. The van der Waals surface area contributed by atoms with Crippen LogP contribution in [0.15, 0.2) is 65.4 Å². The van der Waals surface area contributed by atoms with Crippen LogP contribution in [0, 0.1) is 0 Å². The van der Waals surface area contributed by atoms with Gasteiger partial charge in [-0.2, -0.15) is 5.10 Å². The zero-order valence-electron chi connectivity index (χ0n) is 14.6. The molecule has 0 saturated carbocycles. The highest BCUT2D eigenvalue weighted by Gasteiger charge is 2.15. The Morgan fingerprint density at radius 2 is 1.89 bits per heavy atom. The van der Waals surface area contributed by atoms with Crippen LogP contribution in [-0.4, -0.2) is 35.2 Å². The zero-order valence-corrected chi connectivity index (χ0v) is 16.2. The van der Waals surface area contributed by atoms with E-state index >= 15 is 0 Å². The summed E-state index contributed by atoms with van der Waals surface area (Å²) in [4.78, 5) is 24.4. The van der Waals surface area contributed by atoms with Crippen LogP contribution in [0.25, 0.3) is 0 Å². The molecule has 7 heteroatoms. The van der Waals surface area contributed by atoms with Crippen molar-refractivity contribution < 1.29 is 19.1 Å². The highest BCUT2D eigenvalue weighted by molar-refractivity contribution is 9.10. The van der Waals surface area contributed by atoms with E-state index in [1.165, 1.54) is 6.20 Å². The third kappa shape index (κ3) is 4.83. The molecule has 138 valence electrons. The Kier molecular flexibility index (Phi) is 6.03. The number of esters is 1. The smallest absolute Gasteiger partial charge is 0.341 e. The Hall–Kier alpha value is -2.93. The molecule has 0 saturated heterocycles. The standard InChI is InChI=1S/C20H17BrN2O4/c1-26-19-8-7-15(9-17(19)21)18(24)13-27-20(25)16-10-22-23(12-16)11-14-5-3-2-4-6-14/h2-10,12H,11,13H2,1H3. The molecule has 27 heavy (non-hydrogen) atoms. The first-order chi connectivity index (χ1) is 13.1. The van der Waals surface area contributed by atoms with Crippen molar-refractivity contribution >= 4 is 27.7 Å². The molecule has 0 aliphatic rings. The average molecular weight is 429 g/mol. The lowest BCUT2D eigenvalue weighted by molar-refractivity contribution is 0.0474. The maximum absolute atomic E-state index is 12.2. The maximum Gasteiger partial charge on any atom is 0.341 e. The van der Waals surface area contributed by atoms with E-state index in [4.69, 9.17) is 9.47 Å². The van der Waals surface area contributed by atoms with E-state index in [2.05, 4.69) is 21.0 Å². The first-order valence-electron chi connectivity index (χ1n) is 8.17. The summed E-state index contributed by atoms with van der Waals surface area (Å²) in [5.74, 6) is -0.270. The second-order valence-electron chi connectivity index (χ2n) is 5.76. The molecule has 1 aromatic heterocycles. The van der Waals surface area contributed by atoms with Crippen molar-refractivity contribution in [2.75, 3.05) is 13.7 Å². The average Bonchev–Trinajstić information content (AvgIpc) is 3.15. The molecule has 0 spiro atoms. The van der Waals surface area contributed by atoms with Crippen LogP contribution in [0.4, 0.5) is 0 Å². The quantitative estimate of drug-likeness (QED) is 0.423. The minimum Gasteiger partial charge on any atom is -0.496 e. The van der Waals surface area contributed by atoms with Crippen LogP contribution in [0.2, 0.25) is 0 Å². The maximum atomic E-state index is 12.2. The molecule has 1 heterocycles. The third-order valence-electron chi connectivity index (χ3n) is 3.86. The van der Waals surface area contributed by atoms with E-state index in [-0.39, 0.29) is 12.4 Å². The predicted octanol–water partition coefficient (Wildman–Crippen LogP) is 3.74. The third-order valence-corrected chi connectivity index (χ3v) is 4.48. The molecule has 6 nitrogen and oxygen atoms in total. The van der Waals surface area contributed by atoms with Crippen molar-refractivity contribution in [1.82, 2.24) is 9.78 Å². The number of rotatable bonds is 7. The summed E-state index contributed by atoms with van der Waals surface area (Å²) in [6.45, 7) is 0.203. The summed E-state index contributed by atoms with van der Waals surface area (Å²) in [5, 5.41) is 4.16. The van der Waals surface area contributed by atoms with E-state index in [0.29, 0.717) is 27.9 Å². The summed E-state index contributed by atoms with van der Waals surface area (Å²) in [6.07, 6.45) is 3.03. The first-order valence-corrected chi connectivity index (χ1v) is 8.96. The van der Waals surface area contributed by atoms with Crippen LogP contribution in [0.1, 0.15) is 26.3 Å². The number of aromatic nitrogens is 2. The van der Waals surface area contributed by atoms with E-state index in [1.54, 1.807) is 36.2 Å². The number of halogens is 1. The van der Waals surface area contributed by atoms with Crippen molar-refractivity contribution in [3.8, 4) is 5.75 Å². The molecule has 0 bridgehead atoms. The van der Waals surface area contributed by atoms with Gasteiger partial charge in [-0.05, 0) is 39.7 Å². The molecule has 2 aromatic carbocycles. The SMILES string of the molecule is COc1ccc(C(=O)COC(=O)c2cnn(Cc3ccccc3)c2)cc1Br. The fourth-order valence-corrected chi connectivity index (χ4v) is 3.00. The van der Waals surface area contributed by atoms with Crippen molar-refractivity contribution in [1.29, 1.82) is 0 Å². The monoisotopic (exact) mass is 428 g/mol. The van der Waals surface area contributed by atoms with Gasteiger partial charge in [0.25, 0.3) is 0 Å². The molecule has 0 unspecified atom stereocenters. The number of ketones is 1. The van der Waals surface area contributed by atoms with Crippen LogP contribution >= 0.6 is 15.9 Å². The topological polar surface area (TPSA) is 70.4 Å². The Morgan fingerprint density at radius 1 is 1.11 bits per heavy atom. The lowest BCUT2D eigenvalue weighted by Gasteiger charge is -2.06. The number of carbonyl (C=O) groups excluding carboxylic acids is 2. The van der Waals surface area contributed by atoms with Gasteiger partial charge in [0, 0.05) is 11.8 Å². The van der Waals surface area contributed by atoms with Crippen LogP contribution in [0.3, 0.4) is 0 Å². The van der Waals surface area contributed by atoms with Crippen LogP contribution < -0.4 is 4.74 Å². The van der Waals surface area contributed by atoms with Crippen LogP contribution in [0.5, 0.6) is 5.75 Å². The zero-order chi connectivity index (χ0) is 19.2. The molecule has 0 fully saturated rings. The molecule has 0 aliphatic carbocycles. The van der Waals surface area contributed by atoms with Gasteiger partial charge in [0.1, 0.15) is 5.75 Å². The minimum absolute atomic E-state index is 0.301. The predicted molar refractivity (Wildman–Crippen MR) is 103 cm³/mol. The van der Waals surface area contributed by atoms with E-state index < -0.39 is 5.97 Å². The van der Waals surface area contributed by atoms with Gasteiger partial charge < -0.3 is 9.47 Å². The minimum atomic E-state index is -0.588. The summed E-state index contributed by atoms with van der Waals surface area (Å²) in [6, 6.07) is 14.7. The summed E-state index contributed by atoms with van der Waals surface area (Å²) in [5.41, 5.74) is 1.80. The normalized spacial score (nSPS) is 10.4. The Bertz CT molecular complexity index is 954. The molecule has 0 N–H and O–H groups in total. The van der Waals surface area contributed by atoms with Gasteiger partial charge in [-0.1, -0.05) is 30.3 Å². The molecule has 0 atom stereocenters. The van der Waals surface area contributed by atoms with Gasteiger partial charge in [0.05, 0.1) is 29.9 Å². The highest BCUT2D eigenvalue weighted by atomic mass is 79.9. The Labute approximate surface area is 164 Å². The molecular formula is C20H17BrN2O4. The lowest BCUT2D eigenvalue weighted by Crippen LogP contribution is -2.14. The van der Waals surface area contributed by atoms with Gasteiger partial charge in [0.15, 0.2) is 12.4 Å². The van der Waals surface area contributed by atoms with Gasteiger partial charge in [-0.25, -0.2) is 4.79 Å². The number of carbonyl (C=O) groups is 2. The number of hydrogen-bond donors (Lipinski definition) is 0. The second-order valence-corrected chi connectivity index (χ2v) is 6.62. The fraction of sp³-hybridized carbons (Fsp3) is 0.150. The van der Waals surface area contributed by atoms with E-state index in [0.717, 1.165) is 5.56 Å². The van der Waals surface area contributed by atoms with Gasteiger partial charge >= 0.3 is 5.97 Å². The molecule has 0 radical (unpaired) electrons. The molecule has 3 aromatic rings. The second kappa shape index (κ2) is 8.64. The largest absolute Gasteiger partial charge is 0.496 e. The molecule has 0 amide bonds. The first kappa shape index (κ1) is 18.8. The van der Waals surface area contributed by atoms with Crippen molar-refractivity contribution in [3.05, 3.63) is 82.1 Å². The number of ether oxygens (including phenoxy) is 2. The Balaban J connectivity index is 1.58. The molecule has 3 rings (SSSR count). The van der Waals surface area contributed by atoms with Crippen molar-refractivity contribution in [2.45, 2.75) is 6.54 Å². The summed E-state index contributed by atoms with van der Waals surface area (Å²) in [7, 11) is 1.54. The number of Topliss-reactive ketones (excluding diaryl/α,β-unsaturated/α-hetero) is 1. The molecule has 0 aliphatic heterocycles. The number of methoxy groups -OCH3 is 1. The van der Waals surface area contributed by atoms with Crippen LogP contribution in [-0.2, 0) is 11.3 Å². The number of hydrogen-bond acceptors (Lipinski definition) is 5. The van der Waals surface area contributed by atoms with Gasteiger partial charge in [0.2, 0.25) is 0 Å². The number of benzene rings is 2.